The second-order valence-corrected chi connectivity index (χ2v) is 10.2. The zero-order valence-electron chi connectivity index (χ0n) is 17.9. The van der Waals surface area contributed by atoms with E-state index in [0.717, 1.165) is 42.3 Å². The van der Waals surface area contributed by atoms with Crippen molar-refractivity contribution in [2.75, 3.05) is 19.7 Å². The van der Waals surface area contributed by atoms with Gasteiger partial charge in [0.2, 0.25) is 0 Å². The van der Waals surface area contributed by atoms with Crippen LogP contribution in [0.2, 0.25) is 0 Å². The standard InChI is InChI=1S/C23H32N2O3S/c1-5-11-28-19-7-6-10-24-21(19)20-9-8-18(29-20)15-25-13-16(22(26)27)12-17(14-25)23(2,3)4/h6-10,16-17H,5,11-15H2,1-4H3,(H,26,27)/t16-,17-/m1/s1. The third-order valence-corrected chi connectivity index (χ3v) is 6.68. The second kappa shape index (κ2) is 9.26. The molecular weight excluding hydrogens is 384 g/mol. The zero-order valence-corrected chi connectivity index (χ0v) is 18.7. The molecule has 5 nitrogen and oxygen atoms in total. The Kier molecular flexibility index (Phi) is 6.96. The highest BCUT2D eigenvalue weighted by Crippen LogP contribution is 2.38. The maximum atomic E-state index is 11.7. The average molecular weight is 417 g/mol. The van der Waals surface area contributed by atoms with Crippen LogP contribution in [0.5, 0.6) is 5.75 Å². The summed E-state index contributed by atoms with van der Waals surface area (Å²) in [5.74, 6) is 0.223. The summed E-state index contributed by atoms with van der Waals surface area (Å²) in [5.41, 5.74) is 0.985. The molecule has 2 aromatic rings. The topological polar surface area (TPSA) is 62.7 Å². The number of carboxylic acid groups (broad SMARTS) is 1. The van der Waals surface area contributed by atoms with Gasteiger partial charge >= 0.3 is 5.97 Å². The Morgan fingerprint density at radius 3 is 2.79 bits per heavy atom. The van der Waals surface area contributed by atoms with Crippen LogP contribution in [0.3, 0.4) is 0 Å². The normalized spacial score (nSPS) is 20.6. The van der Waals surface area contributed by atoms with E-state index in [4.69, 9.17) is 4.74 Å². The molecule has 0 radical (unpaired) electrons. The minimum atomic E-state index is -0.679. The number of carbonyl (C=O) groups is 1. The van der Waals surface area contributed by atoms with Crippen molar-refractivity contribution in [2.45, 2.75) is 47.1 Å². The van der Waals surface area contributed by atoms with E-state index >= 15 is 0 Å². The number of pyridine rings is 1. The molecule has 1 aliphatic rings. The van der Waals surface area contributed by atoms with E-state index in [2.05, 4.69) is 49.7 Å². The van der Waals surface area contributed by atoms with Crippen LogP contribution in [0.15, 0.2) is 30.5 Å². The second-order valence-electron chi connectivity index (χ2n) is 8.99. The van der Waals surface area contributed by atoms with E-state index in [0.29, 0.717) is 19.1 Å². The van der Waals surface area contributed by atoms with Gasteiger partial charge < -0.3 is 9.84 Å². The molecule has 2 atom stereocenters. The lowest BCUT2D eigenvalue weighted by Gasteiger charge is -2.42. The summed E-state index contributed by atoms with van der Waals surface area (Å²) in [5, 5.41) is 9.61. The number of thiophene rings is 1. The number of hydrogen-bond acceptors (Lipinski definition) is 5. The van der Waals surface area contributed by atoms with Crippen LogP contribution >= 0.6 is 11.3 Å². The largest absolute Gasteiger partial charge is 0.491 e. The molecule has 1 aliphatic heterocycles. The first-order chi connectivity index (χ1) is 13.8. The average Bonchev–Trinajstić information content (AvgIpc) is 3.13. The van der Waals surface area contributed by atoms with Crippen LogP contribution in [0, 0.1) is 17.3 Å². The van der Waals surface area contributed by atoms with Crippen molar-refractivity contribution in [3.63, 3.8) is 0 Å². The van der Waals surface area contributed by atoms with E-state index < -0.39 is 5.97 Å². The fourth-order valence-corrected chi connectivity index (χ4v) is 4.89. The van der Waals surface area contributed by atoms with Crippen molar-refractivity contribution in [1.29, 1.82) is 0 Å². The monoisotopic (exact) mass is 416 g/mol. The van der Waals surface area contributed by atoms with E-state index in [1.54, 1.807) is 17.5 Å². The molecule has 0 amide bonds. The van der Waals surface area contributed by atoms with Gasteiger partial charge in [0.15, 0.2) is 0 Å². The zero-order chi connectivity index (χ0) is 21.0. The van der Waals surface area contributed by atoms with Gasteiger partial charge in [-0.05, 0) is 48.4 Å². The SMILES string of the molecule is CCCOc1cccnc1-c1ccc(CN2C[C@H](C(=O)O)C[C@@H](C(C)(C)C)C2)s1. The number of rotatable bonds is 7. The van der Waals surface area contributed by atoms with Crippen molar-refractivity contribution in [1.82, 2.24) is 9.88 Å². The Bertz CT molecular complexity index is 828. The molecule has 0 unspecified atom stereocenters. The van der Waals surface area contributed by atoms with E-state index in [9.17, 15) is 9.90 Å². The summed E-state index contributed by atoms with van der Waals surface area (Å²) in [4.78, 5) is 20.8. The minimum absolute atomic E-state index is 0.104. The highest BCUT2D eigenvalue weighted by molar-refractivity contribution is 7.15. The minimum Gasteiger partial charge on any atom is -0.491 e. The third-order valence-electron chi connectivity index (χ3n) is 5.61. The highest BCUT2D eigenvalue weighted by Gasteiger charge is 2.37. The molecule has 3 heterocycles. The van der Waals surface area contributed by atoms with Gasteiger partial charge in [-0.2, -0.15) is 0 Å². The van der Waals surface area contributed by atoms with Gasteiger partial charge in [-0.15, -0.1) is 11.3 Å². The summed E-state index contributed by atoms with van der Waals surface area (Å²) < 4.78 is 5.86. The fourth-order valence-electron chi connectivity index (χ4n) is 3.84. The molecular formula is C23H32N2O3S. The number of aliphatic carboxylic acids is 1. The number of piperidine rings is 1. The van der Waals surface area contributed by atoms with Gasteiger partial charge in [-0.3, -0.25) is 14.7 Å². The Morgan fingerprint density at radius 2 is 2.10 bits per heavy atom. The van der Waals surface area contributed by atoms with Gasteiger partial charge in [0.05, 0.1) is 17.4 Å². The first-order valence-electron chi connectivity index (χ1n) is 10.4. The molecule has 0 aromatic carbocycles. The summed E-state index contributed by atoms with van der Waals surface area (Å²) in [6, 6.07) is 8.10. The Morgan fingerprint density at radius 1 is 1.31 bits per heavy atom. The lowest BCUT2D eigenvalue weighted by Crippen LogP contribution is -2.46. The number of ether oxygens (including phenoxy) is 1. The van der Waals surface area contributed by atoms with Crippen LogP contribution in [-0.4, -0.2) is 40.7 Å². The summed E-state index contributed by atoms with van der Waals surface area (Å²) in [6.07, 6.45) is 3.51. The van der Waals surface area contributed by atoms with Crippen molar-refractivity contribution in [3.8, 4) is 16.3 Å². The molecule has 6 heteroatoms. The van der Waals surface area contributed by atoms with E-state index in [1.165, 1.54) is 4.88 Å². The predicted octanol–water partition coefficient (Wildman–Crippen LogP) is 5.17. The molecule has 1 saturated heterocycles. The van der Waals surface area contributed by atoms with Crippen molar-refractivity contribution in [2.24, 2.45) is 17.3 Å². The molecule has 0 bridgehead atoms. The number of nitrogens with zero attached hydrogens (tertiary/aromatic N) is 2. The van der Waals surface area contributed by atoms with Crippen LogP contribution < -0.4 is 4.74 Å². The number of carboxylic acids is 1. The van der Waals surface area contributed by atoms with E-state index in [1.807, 2.05) is 12.1 Å². The fraction of sp³-hybridized carbons (Fsp3) is 0.565. The lowest BCUT2D eigenvalue weighted by atomic mass is 9.73. The molecule has 158 valence electrons. The quantitative estimate of drug-likeness (QED) is 0.675. The van der Waals surface area contributed by atoms with E-state index in [-0.39, 0.29) is 11.3 Å². The molecule has 3 rings (SSSR count). The molecule has 0 saturated carbocycles. The van der Waals surface area contributed by atoms with Crippen LogP contribution in [0.4, 0.5) is 0 Å². The Balaban J connectivity index is 1.75. The Labute approximate surface area is 177 Å². The van der Waals surface area contributed by atoms with Crippen molar-refractivity contribution >= 4 is 17.3 Å². The molecule has 1 fully saturated rings. The van der Waals surface area contributed by atoms with Gasteiger partial charge in [-0.25, -0.2) is 0 Å². The first-order valence-corrected chi connectivity index (χ1v) is 11.2. The summed E-state index contributed by atoms with van der Waals surface area (Å²) >= 11 is 1.71. The molecule has 2 aromatic heterocycles. The maximum absolute atomic E-state index is 11.7. The van der Waals surface area contributed by atoms with Crippen LogP contribution in [0.1, 0.15) is 45.4 Å². The number of hydrogen-bond donors (Lipinski definition) is 1. The van der Waals surface area contributed by atoms with Gasteiger partial charge in [0.1, 0.15) is 11.4 Å². The molecule has 0 aliphatic carbocycles. The van der Waals surface area contributed by atoms with Crippen LogP contribution in [0.25, 0.3) is 10.6 Å². The lowest BCUT2D eigenvalue weighted by molar-refractivity contribution is -0.145. The smallest absolute Gasteiger partial charge is 0.307 e. The third kappa shape index (κ3) is 5.58. The number of aromatic nitrogens is 1. The van der Waals surface area contributed by atoms with Gasteiger partial charge in [0, 0.05) is 30.7 Å². The maximum Gasteiger partial charge on any atom is 0.307 e. The van der Waals surface area contributed by atoms with Crippen LogP contribution in [-0.2, 0) is 11.3 Å². The first kappa shape index (κ1) is 21.8. The van der Waals surface area contributed by atoms with Crippen molar-refractivity contribution < 1.29 is 14.6 Å². The van der Waals surface area contributed by atoms with Crippen molar-refractivity contribution in [3.05, 3.63) is 35.3 Å². The Hall–Kier alpha value is -1.92. The molecule has 0 spiro atoms. The summed E-state index contributed by atoms with van der Waals surface area (Å²) in [6.45, 7) is 11.7. The molecule has 1 N–H and O–H groups in total. The highest BCUT2D eigenvalue weighted by atomic mass is 32.1. The van der Waals surface area contributed by atoms with Gasteiger partial charge in [0.25, 0.3) is 0 Å². The van der Waals surface area contributed by atoms with Gasteiger partial charge in [-0.1, -0.05) is 27.7 Å². The molecule has 29 heavy (non-hydrogen) atoms. The number of likely N-dealkylation sites (tertiary alicyclic amines) is 1. The predicted molar refractivity (Wildman–Crippen MR) is 117 cm³/mol. The summed E-state index contributed by atoms with van der Waals surface area (Å²) in [7, 11) is 0.